The number of benzene rings is 5. The Morgan fingerprint density at radius 3 is 1.34 bits per heavy atom. The van der Waals surface area contributed by atoms with Gasteiger partial charge in [0, 0.05) is 216 Å². The van der Waals surface area contributed by atoms with Gasteiger partial charge in [-0.3, -0.25) is 68.7 Å². The van der Waals surface area contributed by atoms with Crippen LogP contribution in [-0.4, -0.2) is 280 Å². The normalized spacial score (nSPS) is 18.6. The van der Waals surface area contributed by atoms with E-state index in [0.717, 1.165) is 108 Å². The molecule has 3 atom stereocenters. The summed E-state index contributed by atoms with van der Waals surface area (Å²) in [5.74, 6) is -0.183. The van der Waals surface area contributed by atoms with Crippen LogP contribution < -0.4 is 16.0 Å². The second kappa shape index (κ2) is 42.3. The highest BCUT2D eigenvalue weighted by molar-refractivity contribution is 8.00. The van der Waals surface area contributed by atoms with E-state index in [1.54, 1.807) is 132 Å². The zero-order valence-corrected chi connectivity index (χ0v) is 80.7. The van der Waals surface area contributed by atoms with Crippen molar-refractivity contribution < 1.29 is 60.2 Å². The van der Waals surface area contributed by atoms with Crippen LogP contribution in [-0.2, 0) is 44.4 Å². The van der Waals surface area contributed by atoms with Gasteiger partial charge in [-0.05, 0) is 196 Å². The van der Waals surface area contributed by atoms with Crippen LogP contribution in [0.4, 0.5) is 39.0 Å². The minimum Gasteiger partial charge on any atom is -0.367 e. The van der Waals surface area contributed by atoms with E-state index in [0.29, 0.717) is 177 Å². The topological polar surface area (TPSA) is 391 Å². The number of aromatic nitrogens is 16. The largest absolute Gasteiger partial charge is 0.433 e. The number of nitrogens with zero attached hydrogens (tertiary/aromatic N) is 19. The second-order valence-corrected chi connectivity index (χ2v) is 39.0. The molecule has 0 spiro atoms. The molecular formula is C102H98F5N25O8S3. The molecule has 0 saturated carbocycles. The predicted octanol–water partition coefficient (Wildman–Crippen LogP) is 15.2. The Morgan fingerprint density at radius 1 is 0.455 bits per heavy atom. The SMILES string of the molecule is CO[C@@]1(C(=O)Nc2ccc3[nH]nc(-c4ccc(F)c(F)c4)c3c2)CCN(CC(=O)N2CCC(c3ccc(-c4ncccn4)cc3)CC2)C1.CO[C@@]1(C(=O)Nc2ccc3[nH]nc(-c4ccnc(C(F)(F)F)c4)c3c2)CCN(CC(=O)N2CC=C(c3ncc(-c4ncccn4)s3)CC2)C1.CS[C@@]1(C(=O)Nc2ccc3[nH]nc(-c4ccnc(C)c4)c3c2)CCN(CC(=O)N2CC=C(c3ncc(-c4ncccn4)s3)CC2)C1. The molecule has 0 bridgehead atoms. The van der Waals surface area contributed by atoms with Crippen molar-refractivity contribution in [3.05, 3.63) is 252 Å². The standard InChI is InChI=1S/C36H35F2N7O3.C33H30F3N9O3S.C33H33N9O2S2/c1-48-36(35(47)41-27-8-10-31-28(20-27)33(43-42-31)26-7-9-29(37)30(38)19-26)13-18-44(22-36)21-32(46)45-16-11-24(12-17-45)23-3-5-25(6-4-23)34-39-14-2-15-40-34;1-48-32(31(47)41-22-3-4-24-23(16-22)28(43-42-24)21-5-11-37-26(15-21)33(34,35)36)8-14-44(19-32)18-27(46)45-12-6-20(7-13-45)30-40-17-25(49-30)29-38-9-2-10-39-29;1-21-16-23(6-12-34-21)29-25-17-24(4-5-26(25)39-40-29)38-32(44)33(45-2)9-15-41(20-33)19-28(43)42-13-7-22(8-14-42)31-37-18-27(46-31)30-35-10-3-11-36-30/h2-10,14-15,19-20,24H,11-13,16-18,21-22H2,1H3,(H,41,47)(H,42,43);2-6,9-11,15-17H,7-8,12-14,18-19H2,1H3,(H,41,47)(H,42,43);3-7,10-12,16-18H,8-9,13-15,19-20H2,1-2H3,(H,38,44)(H,39,40)/t36-;32-;33-/m000/s1. The average Bonchev–Trinajstić information content (AvgIpc) is 1.66. The summed E-state index contributed by atoms with van der Waals surface area (Å²) in [6, 6.07) is 39.7. The monoisotopic (exact) mass is 1990 g/mol. The molecule has 5 aromatic carbocycles. The molecule has 33 nitrogen and oxygen atoms in total. The molecule has 6 aliphatic heterocycles. The zero-order chi connectivity index (χ0) is 99.1. The molecule has 0 aliphatic carbocycles. The molecule has 4 fully saturated rings. The number of nitrogens with one attached hydrogen (secondary N) is 6. The third-order valence-corrected chi connectivity index (χ3v) is 30.3. The molecule has 6 amide bonds. The van der Waals surface area contributed by atoms with Crippen molar-refractivity contribution in [1.82, 2.24) is 110 Å². The maximum atomic E-state index is 13.9. The number of hydrogen-bond donors (Lipinski definition) is 6. The van der Waals surface area contributed by atoms with Crippen molar-refractivity contribution in [2.75, 3.05) is 135 Å². The minimum absolute atomic E-state index is 0.0390. The number of likely N-dealkylation sites (tertiary alicyclic amines) is 4. The Bertz CT molecular complexity index is 7290. The summed E-state index contributed by atoms with van der Waals surface area (Å²) < 4.78 is 78.2. The number of hydrogen-bond acceptors (Lipinski definition) is 27. The predicted molar refractivity (Wildman–Crippen MR) is 535 cm³/mol. The fourth-order valence-electron chi connectivity index (χ4n) is 18.8. The van der Waals surface area contributed by atoms with E-state index >= 15 is 0 Å². The number of alkyl halides is 3. The lowest BCUT2D eigenvalue weighted by Gasteiger charge is -2.33. The van der Waals surface area contributed by atoms with Gasteiger partial charge in [-0.2, -0.15) is 28.5 Å². The van der Waals surface area contributed by atoms with Gasteiger partial charge in [-0.25, -0.2) is 48.7 Å². The van der Waals surface area contributed by atoms with Crippen molar-refractivity contribution >= 4 is 131 Å². The van der Waals surface area contributed by atoms with Crippen LogP contribution >= 0.6 is 34.4 Å². The Labute approximate surface area is 829 Å². The number of pyridine rings is 2. The van der Waals surface area contributed by atoms with Gasteiger partial charge in [-0.15, -0.1) is 34.4 Å². The zero-order valence-electron chi connectivity index (χ0n) is 78.2. The Kier molecular flexibility index (Phi) is 28.8. The van der Waals surface area contributed by atoms with E-state index in [1.807, 2.05) is 75.4 Å². The lowest BCUT2D eigenvalue weighted by Crippen LogP contribution is -2.48. The number of aromatic amines is 3. The van der Waals surface area contributed by atoms with Gasteiger partial charge >= 0.3 is 6.18 Å². The molecule has 143 heavy (non-hydrogen) atoms. The van der Waals surface area contributed by atoms with E-state index in [4.69, 9.17) is 9.47 Å². The summed E-state index contributed by atoms with van der Waals surface area (Å²) in [7, 11) is 2.98. The smallest absolute Gasteiger partial charge is 0.367 e. The molecule has 16 heterocycles. The fourth-order valence-corrected chi connectivity index (χ4v) is 21.5. The van der Waals surface area contributed by atoms with Gasteiger partial charge in [0.15, 0.2) is 40.3 Å². The van der Waals surface area contributed by atoms with Crippen LogP contribution in [0.3, 0.4) is 0 Å². The highest BCUT2D eigenvalue weighted by Gasteiger charge is 2.49. The number of aryl methyl sites for hydroxylation is 1. The van der Waals surface area contributed by atoms with E-state index < -0.39 is 39.5 Å². The van der Waals surface area contributed by atoms with Gasteiger partial charge in [0.1, 0.15) is 37.5 Å². The summed E-state index contributed by atoms with van der Waals surface area (Å²) >= 11 is 4.65. The molecule has 6 aliphatic rings. The maximum Gasteiger partial charge on any atom is 0.433 e. The van der Waals surface area contributed by atoms with E-state index in [1.165, 1.54) is 43.3 Å². The molecule has 0 unspecified atom stereocenters. The minimum atomic E-state index is -4.60. The molecule has 21 rings (SSSR count). The van der Waals surface area contributed by atoms with Crippen LogP contribution in [0.2, 0.25) is 0 Å². The molecule has 0 radical (unpaired) electrons. The Hall–Kier alpha value is -14.6. The number of carbonyl (C=O) groups is 6. The Morgan fingerprint density at radius 2 is 0.888 bits per heavy atom. The van der Waals surface area contributed by atoms with Gasteiger partial charge in [0.05, 0.1) is 45.9 Å². The molecule has 10 aromatic heterocycles. The Balaban J connectivity index is 0.000000136. The molecule has 4 saturated heterocycles. The molecule has 41 heteroatoms. The maximum absolute atomic E-state index is 13.9. The first-order valence-corrected chi connectivity index (χ1v) is 49.4. The first-order chi connectivity index (χ1) is 69.3. The van der Waals surface area contributed by atoms with Gasteiger partial charge < -0.3 is 40.1 Å². The number of H-pyrrole nitrogens is 3. The number of amides is 6. The lowest BCUT2D eigenvalue weighted by molar-refractivity contribution is -0.141. The highest BCUT2D eigenvalue weighted by atomic mass is 32.2. The summed E-state index contributed by atoms with van der Waals surface area (Å²) in [6.07, 6.45) is 22.9. The molecule has 732 valence electrons. The summed E-state index contributed by atoms with van der Waals surface area (Å²) in [4.78, 5) is 137. The number of ether oxygens (including phenoxy) is 2. The van der Waals surface area contributed by atoms with Crippen LogP contribution in [0.5, 0.6) is 0 Å². The van der Waals surface area contributed by atoms with Crippen LogP contribution in [0.1, 0.15) is 77.8 Å². The highest BCUT2D eigenvalue weighted by Crippen LogP contribution is 2.42. The fraction of sp³-hybridized carbons (Fsp3) is 0.304. The summed E-state index contributed by atoms with van der Waals surface area (Å²) in [5.41, 5.74) is 9.00. The number of methoxy groups -OCH3 is 2. The average molecular weight is 1990 g/mol. The van der Waals surface area contributed by atoms with Crippen LogP contribution in [0.15, 0.2) is 214 Å². The van der Waals surface area contributed by atoms with Crippen molar-refractivity contribution in [1.29, 1.82) is 0 Å². The van der Waals surface area contributed by atoms with Gasteiger partial charge in [0.2, 0.25) is 23.6 Å². The first-order valence-electron chi connectivity index (χ1n) is 46.5. The summed E-state index contributed by atoms with van der Waals surface area (Å²) in [5, 5.41) is 34.8. The molecule has 6 N–H and O–H groups in total. The van der Waals surface area contributed by atoms with Crippen molar-refractivity contribution in [3.63, 3.8) is 0 Å². The number of piperidine rings is 1. The van der Waals surface area contributed by atoms with E-state index in [9.17, 15) is 50.7 Å². The molecule has 15 aromatic rings. The number of anilines is 3. The number of fused-ring (bicyclic) bond motifs is 3. The number of halogens is 5. The number of rotatable bonds is 24. The van der Waals surface area contributed by atoms with Crippen molar-refractivity contribution in [3.8, 4) is 66.6 Å². The quantitative estimate of drug-likeness (QED) is 0.0306. The number of carbonyl (C=O) groups excluding carboxylic acids is 6. The van der Waals surface area contributed by atoms with E-state index in [2.05, 4.69) is 132 Å². The van der Waals surface area contributed by atoms with Crippen LogP contribution in [0, 0.1) is 18.6 Å². The van der Waals surface area contributed by atoms with Crippen molar-refractivity contribution in [2.45, 2.75) is 79.9 Å². The third-order valence-electron chi connectivity index (χ3n) is 26.9. The number of thiazole rings is 2. The summed E-state index contributed by atoms with van der Waals surface area (Å²) in [6.45, 7) is 8.89. The van der Waals surface area contributed by atoms with Crippen LogP contribution in [0.25, 0.3) is 110 Å². The van der Waals surface area contributed by atoms with E-state index in [-0.39, 0.29) is 67.2 Å². The van der Waals surface area contributed by atoms with Gasteiger partial charge in [0.25, 0.3) is 11.8 Å². The van der Waals surface area contributed by atoms with Crippen molar-refractivity contribution in [2.24, 2.45) is 0 Å². The second-order valence-electron chi connectivity index (χ2n) is 35.8. The molecular weight excluding hydrogens is 1890 g/mol. The lowest BCUT2D eigenvalue weighted by atomic mass is 9.89. The third kappa shape index (κ3) is 21.6. The first kappa shape index (κ1) is 97.2. The number of thioether (sulfide) groups is 1. The van der Waals surface area contributed by atoms with Gasteiger partial charge in [-0.1, -0.05) is 36.4 Å².